The Morgan fingerprint density at radius 2 is 1.73 bits per heavy atom. The molecule has 8 nitrogen and oxygen atoms in total. The van der Waals surface area contributed by atoms with Crippen LogP contribution in [0.25, 0.3) is 11.4 Å². The molecule has 0 aliphatic rings. The van der Waals surface area contributed by atoms with Crippen LogP contribution in [0.4, 0.5) is 0 Å². The van der Waals surface area contributed by atoms with Gasteiger partial charge < -0.3 is 18.7 Å². The van der Waals surface area contributed by atoms with Crippen LogP contribution in [0, 0.1) is 0 Å². The monoisotopic (exact) mass is 348 g/mol. The summed E-state index contributed by atoms with van der Waals surface area (Å²) in [6.45, 7) is 0. The van der Waals surface area contributed by atoms with E-state index in [1.807, 2.05) is 0 Å². The Labute approximate surface area is 131 Å². The van der Waals surface area contributed by atoms with Crippen molar-refractivity contribution in [3.63, 3.8) is 0 Å². The van der Waals surface area contributed by atoms with Crippen molar-refractivity contribution in [3.8, 4) is 28.6 Å². The minimum atomic E-state index is -3.78. The number of benzene rings is 1. The maximum Gasteiger partial charge on any atom is 0.243 e. The van der Waals surface area contributed by atoms with Gasteiger partial charge in [-0.25, -0.2) is 8.42 Å². The van der Waals surface area contributed by atoms with Gasteiger partial charge in [-0.1, -0.05) is 5.16 Å². The molecule has 0 bridgehead atoms. The molecule has 0 radical (unpaired) electrons. The van der Waals surface area contributed by atoms with Gasteiger partial charge in [0, 0.05) is 16.2 Å². The third-order valence-corrected chi connectivity index (χ3v) is 3.61. The number of aromatic nitrogens is 2. The Hall–Kier alpha value is -2.00. The fraction of sp³-hybridized carbons (Fsp3) is 0.333. The first kappa shape index (κ1) is 16.4. The molecule has 0 spiro atoms. The topological polar surface area (TPSA) is 101 Å². The molecule has 2 aromatic rings. The molecule has 0 fully saturated rings. The van der Waals surface area contributed by atoms with E-state index in [4.69, 9.17) is 29.4 Å². The maximum absolute atomic E-state index is 11.0. The van der Waals surface area contributed by atoms with E-state index in [9.17, 15) is 8.42 Å². The summed E-state index contributed by atoms with van der Waals surface area (Å²) in [4.78, 5) is 3.98. The number of methoxy groups -OCH3 is 3. The van der Waals surface area contributed by atoms with E-state index < -0.39 is 14.8 Å². The van der Waals surface area contributed by atoms with Crippen LogP contribution in [0.1, 0.15) is 5.89 Å². The van der Waals surface area contributed by atoms with Gasteiger partial charge in [-0.3, -0.25) is 0 Å². The van der Waals surface area contributed by atoms with Crippen LogP contribution in [-0.4, -0.2) is 39.9 Å². The first-order valence-corrected chi connectivity index (χ1v) is 8.41. The molecule has 120 valence electrons. The second-order valence-corrected chi connectivity index (χ2v) is 6.89. The van der Waals surface area contributed by atoms with E-state index in [1.165, 1.54) is 21.3 Å². The van der Waals surface area contributed by atoms with E-state index in [0.717, 1.165) is 0 Å². The Morgan fingerprint density at radius 3 is 2.18 bits per heavy atom. The van der Waals surface area contributed by atoms with E-state index >= 15 is 0 Å². The molecule has 0 unspecified atom stereocenters. The average molecular weight is 349 g/mol. The van der Waals surface area contributed by atoms with Gasteiger partial charge in [0.2, 0.25) is 26.5 Å². The van der Waals surface area contributed by atoms with Crippen molar-refractivity contribution in [2.24, 2.45) is 0 Å². The standard InChI is InChI=1S/C12H13ClN2O6S/c1-18-8-4-7(5-9(19-2)11(8)20-3)12-14-10(21-15-12)6-22(13,16)17/h4-5H,6H2,1-3H3. The van der Waals surface area contributed by atoms with E-state index in [-0.39, 0.29) is 11.7 Å². The summed E-state index contributed by atoms with van der Waals surface area (Å²) >= 11 is 0. The molecule has 0 amide bonds. The Morgan fingerprint density at radius 1 is 1.14 bits per heavy atom. The van der Waals surface area contributed by atoms with Gasteiger partial charge in [-0.15, -0.1) is 0 Å². The highest BCUT2D eigenvalue weighted by Crippen LogP contribution is 2.40. The fourth-order valence-corrected chi connectivity index (χ4v) is 2.48. The molecule has 2 rings (SSSR count). The van der Waals surface area contributed by atoms with Crippen molar-refractivity contribution in [2.75, 3.05) is 21.3 Å². The van der Waals surface area contributed by atoms with Crippen LogP contribution in [0.3, 0.4) is 0 Å². The number of halogens is 1. The molecule has 0 atom stereocenters. The summed E-state index contributed by atoms with van der Waals surface area (Å²) in [7, 11) is 5.80. The fourth-order valence-electron chi connectivity index (χ4n) is 1.79. The number of hydrogen-bond acceptors (Lipinski definition) is 8. The van der Waals surface area contributed by atoms with Gasteiger partial charge >= 0.3 is 0 Å². The number of nitrogens with zero attached hydrogens (tertiary/aromatic N) is 2. The van der Waals surface area contributed by atoms with Crippen molar-refractivity contribution in [1.29, 1.82) is 0 Å². The summed E-state index contributed by atoms with van der Waals surface area (Å²) in [6, 6.07) is 3.23. The predicted octanol–water partition coefficient (Wildman–Crippen LogP) is 1.83. The van der Waals surface area contributed by atoms with Crippen LogP contribution in [0.15, 0.2) is 16.7 Å². The molecular weight excluding hydrogens is 336 g/mol. The summed E-state index contributed by atoms with van der Waals surface area (Å²) in [5.74, 6) is 0.752. The Balaban J connectivity index is 2.45. The van der Waals surface area contributed by atoms with Gasteiger partial charge in [-0.05, 0) is 12.1 Å². The number of hydrogen-bond donors (Lipinski definition) is 0. The summed E-state index contributed by atoms with van der Waals surface area (Å²) in [6.07, 6.45) is 0. The lowest BCUT2D eigenvalue weighted by atomic mass is 10.1. The molecule has 0 N–H and O–H groups in total. The van der Waals surface area contributed by atoms with Crippen LogP contribution in [0.5, 0.6) is 17.2 Å². The van der Waals surface area contributed by atoms with Crippen LogP contribution < -0.4 is 14.2 Å². The molecule has 1 aromatic carbocycles. The second kappa shape index (κ2) is 6.41. The zero-order valence-electron chi connectivity index (χ0n) is 12.0. The highest BCUT2D eigenvalue weighted by atomic mass is 35.7. The largest absolute Gasteiger partial charge is 0.493 e. The molecule has 1 heterocycles. The summed E-state index contributed by atoms with van der Waals surface area (Å²) < 4.78 is 42.5. The molecular formula is C12H13ClN2O6S. The zero-order valence-corrected chi connectivity index (χ0v) is 13.6. The lowest BCUT2D eigenvalue weighted by molar-refractivity contribution is 0.324. The first-order valence-electron chi connectivity index (χ1n) is 5.93. The maximum atomic E-state index is 11.0. The molecule has 0 aliphatic heterocycles. The molecule has 0 aliphatic carbocycles. The predicted molar refractivity (Wildman–Crippen MR) is 77.9 cm³/mol. The minimum absolute atomic E-state index is 0.112. The zero-order chi connectivity index (χ0) is 16.3. The molecule has 0 saturated carbocycles. The second-order valence-electron chi connectivity index (χ2n) is 4.11. The third kappa shape index (κ3) is 3.60. The van der Waals surface area contributed by atoms with Crippen molar-refractivity contribution in [3.05, 3.63) is 18.0 Å². The molecule has 0 saturated heterocycles. The van der Waals surface area contributed by atoms with Crippen molar-refractivity contribution in [1.82, 2.24) is 10.1 Å². The highest BCUT2D eigenvalue weighted by Gasteiger charge is 2.19. The number of ether oxygens (including phenoxy) is 3. The lowest BCUT2D eigenvalue weighted by Gasteiger charge is -2.12. The van der Waals surface area contributed by atoms with E-state index in [1.54, 1.807) is 12.1 Å². The van der Waals surface area contributed by atoms with E-state index in [2.05, 4.69) is 10.1 Å². The summed E-state index contributed by atoms with van der Waals surface area (Å²) in [5.41, 5.74) is 0.511. The van der Waals surface area contributed by atoms with Gasteiger partial charge in [-0.2, -0.15) is 4.98 Å². The van der Waals surface area contributed by atoms with Crippen LogP contribution in [-0.2, 0) is 14.8 Å². The first-order chi connectivity index (χ1) is 10.4. The van der Waals surface area contributed by atoms with Crippen molar-refractivity contribution in [2.45, 2.75) is 5.75 Å². The Bertz CT molecular complexity index is 749. The van der Waals surface area contributed by atoms with Gasteiger partial charge in [0.1, 0.15) is 5.75 Å². The Kier molecular flexibility index (Phi) is 4.77. The highest BCUT2D eigenvalue weighted by molar-refractivity contribution is 8.13. The van der Waals surface area contributed by atoms with Crippen LogP contribution >= 0.6 is 10.7 Å². The number of rotatable bonds is 6. The normalized spacial score (nSPS) is 11.3. The van der Waals surface area contributed by atoms with Gasteiger partial charge in [0.25, 0.3) is 0 Å². The molecule has 10 heteroatoms. The molecule has 1 aromatic heterocycles. The van der Waals surface area contributed by atoms with E-state index in [0.29, 0.717) is 22.8 Å². The molecule has 22 heavy (non-hydrogen) atoms. The minimum Gasteiger partial charge on any atom is -0.493 e. The van der Waals surface area contributed by atoms with Gasteiger partial charge in [0.05, 0.1) is 21.3 Å². The van der Waals surface area contributed by atoms with Crippen LogP contribution in [0.2, 0.25) is 0 Å². The quantitative estimate of drug-likeness (QED) is 0.729. The SMILES string of the molecule is COc1cc(-c2noc(CS(=O)(=O)Cl)n2)cc(OC)c1OC. The average Bonchev–Trinajstić information content (AvgIpc) is 2.91. The van der Waals surface area contributed by atoms with Crippen molar-refractivity contribution >= 4 is 19.7 Å². The lowest BCUT2D eigenvalue weighted by Crippen LogP contribution is -1.97. The summed E-state index contributed by atoms with van der Waals surface area (Å²) in [5, 5.41) is 3.72. The smallest absolute Gasteiger partial charge is 0.243 e. The van der Waals surface area contributed by atoms with Crippen molar-refractivity contribution < 1.29 is 27.2 Å². The third-order valence-electron chi connectivity index (χ3n) is 2.69. The van der Waals surface area contributed by atoms with Gasteiger partial charge in [0.15, 0.2) is 11.5 Å².